The summed E-state index contributed by atoms with van der Waals surface area (Å²) in [5, 5.41) is 22.8. The van der Waals surface area contributed by atoms with E-state index in [9.17, 15) is 26.4 Å². The molecule has 6 aromatic carbocycles. The Morgan fingerprint density at radius 3 is 1.02 bits per heavy atom. The standard InChI is InChI=1S/C26H31N3O4.C18H26N4O4S.C18H25N3O2.C15H22N2O2.C11H10ClNO2.ClH2NO2S/c1-31-24-16-21-22(17-25(24)32-2)27-13-9-23(21)29-14-10-19(11-15-29)8-12-28-26(30)33-18-20-6-4-3-5-7-20;1-25-17-11-14-15(12-18(17)26-2)20-7-4-16(14)22-9-5-13(6-10-22)3-8-21-27(19,23)24;1-22-17-11-14-15(12-18(17)23-2)20-8-4-16(14)21-9-5-13(3-7-19)6-10-21;18-15(19-12-14-4-2-1-3-5-14)17-11-8-13-6-9-16-10-7-13;1-14-10-5-7-8(12)3-4-13-9(7)6-11(10)15-2;1-5(2,3)4/h3-7,9,13,16-17,19H,8,10-12,14-15,18H2,1-2H3,(H,28,30);4,7,11-13,21H,3,5-6,8-10H2,1-2H3,(H2,19,23,24);4,8,11-13H,3,5-7,9-10,19H2,1-2H3;1-5,13,16H,6-12H2,(H,17,18);3-6H,1-2H3;(H2,2,3,4). The Labute approximate surface area is 725 Å². The van der Waals surface area contributed by atoms with Crippen molar-refractivity contribution in [1.82, 2.24) is 40.6 Å². The van der Waals surface area contributed by atoms with Gasteiger partial charge in [-0.2, -0.15) is 16.8 Å². The van der Waals surface area contributed by atoms with Crippen LogP contribution < -0.4 is 89.3 Å². The van der Waals surface area contributed by atoms with E-state index in [1.807, 2.05) is 128 Å². The minimum Gasteiger partial charge on any atom is -0.493 e. The Morgan fingerprint density at radius 1 is 0.418 bits per heavy atom. The van der Waals surface area contributed by atoms with Crippen LogP contribution in [-0.4, -0.2) is 184 Å². The van der Waals surface area contributed by atoms with Crippen LogP contribution in [0.15, 0.2) is 158 Å². The number of carbonyl (C=O) groups is 2. The molecule has 10 N–H and O–H groups in total. The van der Waals surface area contributed by atoms with Crippen LogP contribution >= 0.6 is 22.3 Å². The lowest BCUT2D eigenvalue weighted by Gasteiger charge is -2.34. The lowest BCUT2D eigenvalue weighted by molar-refractivity contribution is 0.138. The molecule has 0 radical (unpaired) electrons. The molecule has 30 nitrogen and oxygen atoms in total. The van der Waals surface area contributed by atoms with E-state index in [1.54, 1.807) is 75.2 Å². The van der Waals surface area contributed by atoms with Crippen molar-refractivity contribution in [1.29, 1.82) is 0 Å². The van der Waals surface area contributed by atoms with E-state index >= 15 is 0 Å². The molecule has 0 aliphatic carbocycles. The first kappa shape index (κ1) is 95.4. The van der Waals surface area contributed by atoms with Crippen LogP contribution in [0.1, 0.15) is 88.2 Å². The van der Waals surface area contributed by atoms with Gasteiger partial charge in [-0.1, -0.05) is 72.3 Å². The SMILES string of the molecule is COc1cc2nccc(Cl)c2cc1OC.COc1cc2nccc(N3CCC(CCN)CC3)c2cc1OC.COc1cc2nccc(N3CCC(CCNC(=O)OCc4ccccc4)CC3)c2cc1OC.COc1cc2nccc(N3CCC(CCNS(N)(=O)=O)CC3)c2cc1OC.NS(=O)(=O)Cl.O=C(NCCC1CCNCC1)OCc1ccccc1. The molecule has 34 heteroatoms. The second kappa shape index (κ2) is 49.0. The molecule has 4 saturated heterocycles. The second-order valence-corrected chi connectivity index (χ2v) is 33.5. The molecule has 2 amide bonds. The average molecular weight is 1760 g/mol. The molecule has 14 rings (SSSR count). The van der Waals surface area contributed by atoms with Gasteiger partial charge < -0.3 is 83.8 Å². The van der Waals surface area contributed by atoms with Gasteiger partial charge >= 0.3 is 12.2 Å². The van der Waals surface area contributed by atoms with Gasteiger partial charge in [0.2, 0.25) is 0 Å². The smallest absolute Gasteiger partial charge is 0.407 e. The first-order chi connectivity index (χ1) is 58.9. The maximum Gasteiger partial charge on any atom is 0.407 e. The number of nitrogens with two attached hydrogens (primary N) is 3. The predicted octanol–water partition coefficient (Wildman–Crippen LogP) is 13.9. The van der Waals surface area contributed by atoms with Crippen molar-refractivity contribution in [3.8, 4) is 46.0 Å². The Balaban J connectivity index is 0.000000174. The minimum atomic E-state index is -3.69. The number of methoxy groups -OCH3 is 8. The van der Waals surface area contributed by atoms with E-state index in [0.717, 1.165) is 188 Å². The van der Waals surface area contributed by atoms with Gasteiger partial charge in [-0.15, -0.1) is 0 Å². The van der Waals surface area contributed by atoms with Crippen LogP contribution in [0.25, 0.3) is 43.6 Å². The molecule has 660 valence electrons. The highest BCUT2D eigenvalue weighted by atomic mass is 35.7. The van der Waals surface area contributed by atoms with Crippen LogP contribution in [0.3, 0.4) is 0 Å². The van der Waals surface area contributed by atoms with Crippen molar-refractivity contribution in [2.45, 2.75) is 90.3 Å². The number of hydrogen-bond donors (Lipinski definition) is 7. The highest BCUT2D eigenvalue weighted by molar-refractivity contribution is 8.11. The number of aromatic nitrogens is 4. The fourth-order valence-corrected chi connectivity index (χ4v) is 15.8. The third-order valence-corrected chi connectivity index (χ3v) is 22.6. The summed E-state index contributed by atoms with van der Waals surface area (Å²) >= 11 is 6.05. The first-order valence-corrected chi connectivity index (χ1v) is 45.0. The van der Waals surface area contributed by atoms with Crippen LogP contribution in [0, 0.1) is 23.7 Å². The predicted molar refractivity (Wildman–Crippen MR) is 482 cm³/mol. The van der Waals surface area contributed by atoms with Gasteiger partial charge in [-0.25, -0.2) is 24.6 Å². The zero-order chi connectivity index (χ0) is 87.4. The molecule has 10 aromatic rings. The van der Waals surface area contributed by atoms with E-state index in [1.165, 1.54) is 37.1 Å². The molecule has 0 atom stereocenters. The van der Waals surface area contributed by atoms with Gasteiger partial charge in [0.1, 0.15) is 13.2 Å². The van der Waals surface area contributed by atoms with Crippen molar-refractivity contribution in [3.05, 3.63) is 174 Å². The summed E-state index contributed by atoms with van der Waals surface area (Å²) in [4.78, 5) is 48.3. The Bertz CT molecular complexity index is 5160. The number of nitrogens with zero attached hydrogens (tertiary/aromatic N) is 7. The van der Waals surface area contributed by atoms with Gasteiger partial charge in [0.15, 0.2) is 46.0 Å². The summed E-state index contributed by atoms with van der Waals surface area (Å²) < 4.78 is 96.0. The molecule has 8 heterocycles. The molecular formula is C88H116Cl2N14O16S2. The number of anilines is 3. The van der Waals surface area contributed by atoms with Gasteiger partial charge in [0, 0.05) is 157 Å². The average Bonchev–Trinajstić information content (AvgIpc) is 0.794. The van der Waals surface area contributed by atoms with Crippen LogP contribution in [0.2, 0.25) is 5.02 Å². The number of benzene rings is 6. The maximum absolute atomic E-state index is 12.0. The number of carbonyl (C=O) groups excluding carboxylic acids is 2. The van der Waals surface area contributed by atoms with Crippen molar-refractivity contribution >= 4 is 115 Å². The molecule has 4 fully saturated rings. The number of piperidine rings is 4. The third-order valence-electron chi connectivity index (χ3n) is 21.7. The number of nitrogens with one attached hydrogen (secondary N) is 4. The summed E-state index contributed by atoms with van der Waals surface area (Å²) in [6.07, 6.45) is 19.4. The summed E-state index contributed by atoms with van der Waals surface area (Å²) in [5.41, 5.74) is 14.7. The summed E-state index contributed by atoms with van der Waals surface area (Å²) in [6.45, 7) is 11.2. The van der Waals surface area contributed by atoms with Gasteiger partial charge in [-0.3, -0.25) is 19.9 Å². The van der Waals surface area contributed by atoms with Gasteiger partial charge in [0.05, 0.1) is 84.0 Å². The first-order valence-electron chi connectivity index (χ1n) is 40.7. The van der Waals surface area contributed by atoms with Gasteiger partial charge in [-0.05, 0) is 180 Å². The molecule has 0 unspecified atom stereocenters. The highest BCUT2D eigenvalue weighted by Gasteiger charge is 2.26. The van der Waals surface area contributed by atoms with E-state index in [4.69, 9.17) is 69.8 Å². The van der Waals surface area contributed by atoms with Gasteiger partial charge in [0.25, 0.3) is 19.4 Å². The molecule has 4 aliphatic heterocycles. The molecule has 4 aliphatic rings. The molecule has 0 saturated carbocycles. The van der Waals surface area contributed by atoms with Crippen molar-refractivity contribution in [2.75, 3.05) is 150 Å². The quantitative estimate of drug-likeness (QED) is 0.0235. The number of alkyl carbamates (subject to hydrolysis) is 2. The Morgan fingerprint density at radius 2 is 0.705 bits per heavy atom. The summed E-state index contributed by atoms with van der Waals surface area (Å²) in [6, 6.07) is 42.8. The Kier molecular flexibility index (Phi) is 38.3. The fraction of sp³-hybridized carbons (Fsp3) is 0.432. The molecular weight excluding hydrogens is 1640 g/mol. The minimum absolute atomic E-state index is 0.293. The lowest BCUT2D eigenvalue weighted by Crippen LogP contribution is -2.36. The molecule has 4 aromatic heterocycles. The Hall–Kier alpha value is -10.4. The number of ether oxygens (including phenoxy) is 10. The van der Waals surface area contributed by atoms with E-state index < -0.39 is 19.4 Å². The summed E-state index contributed by atoms with van der Waals surface area (Å²) in [7, 11) is 10.0. The number of pyridine rings is 4. The fourth-order valence-electron chi connectivity index (χ4n) is 15.1. The van der Waals surface area contributed by atoms with Crippen molar-refractivity contribution < 1.29 is 73.8 Å². The number of fused-ring (bicyclic) bond motifs is 4. The molecule has 0 bridgehead atoms. The monoisotopic (exact) mass is 1760 g/mol. The zero-order valence-corrected chi connectivity index (χ0v) is 73.8. The number of halogens is 2. The van der Waals surface area contributed by atoms with Crippen molar-refractivity contribution in [2.24, 2.45) is 39.7 Å². The molecule has 0 spiro atoms. The topological polar surface area (TPSA) is 382 Å². The van der Waals surface area contributed by atoms with Crippen LogP contribution in [0.4, 0.5) is 26.7 Å². The van der Waals surface area contributed by atoms with E-state index in [2.05, 4.69) is 83.3 Å². The molecule has 122 heavy (non-hydrogen) atoms. The van der Waals surface area contributed by atoms with Crippen LogP contribution in [0.5, 0.6) is 46.0 Å². The number of rotatable bonds is 27. The highest BCUT2D eigenvalue weighted by Crippen LogP contribution is 2.41. The normalized spacial score (nSPS) is 14.6. The second-order valence-electron chi connectivity index (χ2n) is 29.5. The largest absolute Gasteiger partial charge is 0.493 e. The maximum atomic E-state index is 12.0. The van der Waals surface area contributed by atoms with Crippen molar-refractivity contribution in [3.63, 3.8) is 0 Å². The lowest BCUT2D eigenvalue weighted by atomic mass is 9.93. The third kappa shape index (κ3) is 30.0. The van der Waals surface area contributed by atoms with E-state index in [0.29, 0.717) is 90.0 Å². The summed E-state index contributed by atoms with van der Waals surface area (Å²) in [5.74, 6) is 8.06. The van der Waals surface area contributed by atoms with E-state index in [-0.39, 0.29) is 12.2 Å². The number of amides is 2. The number of hydrogen-bond acceptors (Lipinski definition) is 25. The van der Waals surface area contributed by atoms with Crippen LogP contribution in [-0.2, 0) is 42.1 Å². The zero-order valence-electron chi connectivity index (χ0n) is 70.7.